The van der Waals surface area contributed by atoms with Gasteiger partial charge in [-0.2, -0.15) is 0 Å². The van der Waals surface area contributed by atoms with Crippen LogP contribution in [0, 0.1) is 0 Å². The molecule has 1 aliphatic rings. The van der Waals surface area contributed by atoms with Gasteiger partial charge in [-0.1, -0.05) is 12.1 Å². The fraction of sp³-hybridized carbons (Fsp3) is 0.304. The third-order valence-corrected chi connectivity index (χ3v) is 5.23. The lowest BCUT2D eigenvalue weighted by atomic mass is 10.0. The number of piperazine rings is 1. The van der Waals surface area contributed by atoms with E-state index in [4.69, 9.17) is 9.15 Å². The topological polar surface area (TPSA) is 83.8 Å². The van der Waals surface area contributed by atoms with Crippen LogP contribution in [0.4, 0.5) is 0 Å². The van der Waals surface area contributed by atoms with Crippen LogP contribution in [0.2, 0.25) is 0 Å². The first-order chi connectivity index (χ1) is 14.5. The van der Waals surface area contributed by atoms with E-state index in [0.717, 1.165) is 42.7 Å². The standard InChI is InChI=1S/C23H25N3O4/c1-15(27)25-14-20-12-19-11-18(13-21(29-2)22(19)30-20)16-3-5-17(6-4-16)23(28)26-9-7-24-8-10-26/h3-6,11-13,24H,7-10,14H2,1-2H3,(H,25,27). The summed E-state index contributed by atoms with van der Waals surface area (Å²) in [6.07, 6.45) is 0. The van der Waals surface area contributed by atoms with E-state index in [-0.39, 0.29) is 11.8 Å². The van der Waals surface area contributed by atoms with Crippen molar-refractivity contribution in [2.45, 2.75) is 13.5 Å². The molecule has 0 spiro atoms. The summed E-state index contributed by atoms with van der Waals surface area (Å²) in [5.41, 5.74) is 3.28. The van der Waals surface area contributed by atoms with E-state index in [2.05, 4.69) is 10.6 Å². The van der Waals surface area contributed by atoms with Gasteiger partial charge in [0.15, 0.2) is 11.3 Å². The molecule has 30 heavy (non-hydrogen) atoms. The van der Waals surface area contributed by atoms with Gasteiger partial charge in [0.2, 0.25) is 5.91 Å². The second-order valence-electron chi connectivity index (χ2n) is 7.34. The van der Waals surface area contributed by atoms with Crippen molar-refractivity contribution in [1.29, 1.82) is 0 Å². The molecule has 2 N–H and O–H groups in total. The maximum absolute atomic E-state index is 12.7. The fourth-order valence-corrected chi connectivity index (χ4v) is 3.65. The number of hydrogen-bond acceptors (Lipinski definition) is 5. The van der Waals surface area contributed by atoms with Crippen molar-refractivity contribution < 1.29 is 18.7 Å². The number of rotatable bonds is 5. The lowest BCUT2D eigenvalue weighted by Gasteiger charge is -2.27. The van der Waals surface area contributed by atoms with Gasteiger partial charge in [-0.25, -0.2) is 0 Å². The molecular weight excluding hydrogens is 382 g/mol. The van der Waals surface area contributed by atoms with Gasteiger partial charge >= 0.3 is 0 Å². The highest BCUT2D eigenvalue weighted by Crippen LogP contribution is 2.34. The van der Waals surface area contributed by atoms with Crippen molar-refractivity contribution in [3.63, 3.8) is 0 Å². The Labute approximate surface area is 175 Å². The first-order valence-electron chi connectivity index (χ1n) is 10.0. The van der Waals surface area contributed by atoms with Gasteiger partial charge in [-0.3, -0.25) is 9.59 Å². The number of carbonyl (C=O) groups excluding carboxylic acids is 2. The minimum absolute atomic E-state index is 0.0635. The number of benzene rings is 2. The van der Waals surface area contributed by atoms with Crippen LogP contribution in [-0.2, 0) is 11.3 Å². The number of fused-ring (bicyclic) bond motifs is 1. The number of ether oxygens (including phenoxy) is 1. The number of hydrogen-bond donors (Lipinski definition) is 2. The Hall–Kier alpha value is -3.32. The second kappa shape index (κ2) is 8.59. The first-order valence-corrected chi connectivity index (χ1v) is 10.0. The molecule has 0 radical (unpaired) electrons. The summed E-state index contributed by atoms with van der Waals surface area (Å²) < 4.78 is 11.4. The van der Waals surface area contributed by atoms with E-state index >= 15 is 0 Å². The van der Waals surface area contributed by atoms with Crippen LogP contribution in [0.1, 0.15) is 23.0 Å². The van der Waals surface area contributed by atoms with E-state index in [9.17, 15) is 9.59 Å². The summed E-state index contributed by atoms with van der Waals surface area (Å²) in [6.45, 7) is 4.92. The number of amides is 2. The molecule has 0 atom stereocenters. The number of furan rings is 1. The van der Waals surface area contributed by atoms with Gasteiger partial charge in [0.25, 0.3) is 5.91 Å². The molecule has 2 heterocycles. The molecule has 0 saturated carbocycles. The highest BCUT2D eigenvalue weighted by Gasteiger charge is 2.18. The highest BCUT2D eigenvalue weighted by atomic mass is 16.5. The van der Waals surface area contributed by atoms with Crippen LogP contribution in [0.5, 0.6) is 5.75 Å². The summed E-state index contributed by atoms with van der Waals surface area (Å²) in [4.78, 5) is 25.7. The Morgan fingerprint density at radius 3 is 2.50 bits per heavy atom. The first kappa shape index (κ1) is 20.0. The van der Waals surface area contributed by atoms with Crippen LogP contribution >= 0.6 is 0 Å². The largest absolute Gasteiger partial charge is 0.493 e. The molecule has 1 aliphatic heterocycles. The van der Waals surface area contributed by atoms with Crippen LogP contribution in [0.25, 0.3) is 22.1 Å². The van der Waals surface area contributed by atoms with Crippen molar-refractivity contribution in [3.05, 3.63) is 53.8 Å². The van der Waals surface area contributed by atoms with Gasteiger partial charge < -0.3 is 24.7 Å². The van der Waals surface area contributed by atoms with Crippen molar-refractivity contribution in [3.8, 4) is 16.9 Å². The molecule has 2 aromatic carbocycles. The van der Waals surface area contributed by atoms with Crippen molar-refractivity contribution in [2.24, 2.45) is 0 Å². The zero-order chi connectivity index (χ0) is 21.1. The number of nitrogens with zero attached hydrogens (tertiary/aromatic N) is 1. The Kier molecular flexibility index (Phi) is 5.72. The van der Waals surface area contributed by atoms with Crippen LogP contribution in [-0.4, -0.2) is 50.0 Å². The van der Waals surface area contributed by atoms with Gasteiger partial charge in [-0.05, 0) is 41.5 Å². The Bertz CT molecular complexity index is 1070. The van der Waals surface area contributed by atoms with Crippen molar-refractivity contribution in [2.75, 3.05) is 33.3 Å². The van der Waals surface area contributed by atoms with Gasteiger partial charge in [-0.15, -0.1) is 0 Å². The van der Waals surface area contributed by atoms with Crippen molar-refractivity contribution in [1.82, 2.24) is 15.5 Å². The van der Waals surface area contributed by atoms with E-state index in [0.29, 0.717) is 29.2 Å². The molecule has 156 valence electrons. The Morgan fingerprint density at radius 2 is 1.83 bits per heavy atom. The summed E-state index contributed by atoms with van der Waals surface area (Å²) in [6, 6.07) is 13.5. The average molecular weight is 407 g/mol. The van der Waals surface area contributed by atoms with Crippen LogP contribution in [0.15, 0.2) is 46.9 Å². The molecule has 2 amide bonds. The summed E-state index contributed by atoms with van der Waals surface area (Å²) >= 11 is 0. The smallest absolute Gasteiger partial charge is 0.253 e. The lowest BCUT2D eigenvalue weighted by Crippen LogP contribution is -2.46. The fourth-order valence-electron chi connectivity index (χ4n) is 3.65. The number of methoxy groups -OCH3 is 1. The molecule has 1 saturated heterocycles. The molecule has 4 rings (SSSR count). The second-order valence-corrected chi connectivity index (χ2v) is 7.34. The molecule has 7 nitrogen and oxygen atoms in total. The third kappa shape index (κ3) is 4.16. The quantitative estimate of drug-likeness (QED) is 0.680. The van der Waals surface area contributed by atoms with Gasteiger partial charge in [0.1, 0.15) is 5.76 Å². The lowest BCUT2D eigenvalue weighted by molar-refractivity contribution is -0.119. The zero-order valence-electron chi connectivity index (χ0n) is 17.2. The summed E-state index contributed by atoms with van der Waals surface area (Å²) in [5, 5.41) is 6.89. The van der Waals surface area contributed by atoms with E-state index < -0.39 is 0 Å². The highest BCUT2D eigenvalue weighted by molar-refractivity contribution is 5.95. The van der Waals surface area contributed by atoms with Crippen LogP contribution < -0.4 is 15.4 Å². The molecule has 3 aromatic rings. The normalized spacial score (nSPS) is 14.0. The number of nitrogens with one attached hydrogen (secondary N) is 2. The van der Waals surface area contributed by atoms with E-state index in [1.54, 1.807) is 7.11 Å². The summed E-state index contributed by atoms with van der Waals surface area (Å²) in [7, 11) is 1.60. The van der Waals surface area contributed by atoms with Gasteiger partial charge in [0, 0.05) is 44.1 Å². The molecule has 1 fully saturated rings. The average Bonchev–Trinajstić information content (AvgIpc) is 3.20. The van der Waals surface area contributed by atoms with Crippen molar-refractivity contribution >= 4 is 22.8 Å². The van der Waals surface area contributed by atoms with E-state index in [1.165, 1.54) is 6.92 Å². The predicted molar refractivity (Wildman–Crippen MR) is 114 cm³/mol. The minimum Gasteiger partial charge on any atom is -0.493 e. The predicted octanol–water partition coefficient (Wildman–Crippen LogP) is 2.79. The molecular formula is C23H25N3O4. The zero-order valence-corrected chi connectivity index (χ0v) is 17.2. The minimum atomic E-state index is -0.112. The Balaban J connectivity index is 1.60. The summed E-state index contributed by atoms with van der Waals surface area (Å²) in [5.74, 6) is 1.23. The maximum atomic E-state index is 12.7. The molecule has 0 bridgehead atoms. The molecule has 0 unspecified atom stereocenters. The van der Waals surface area contributed by atoms with Gasteiger partial charge in [0.05, 0.1) is 13.7 Å². The third-order valence-electron chi connectivity index (χ3n) is 5.23. The number of carbonyl (C=O) groups is 2. The molecule has 0 aliphatic carbocycles. The molecule has 1 aromatic heterocycles. The maximum Gasteiger partial charge on any atom is 0.253 e. The Morgan fingerprint density at radius 1 is 1.10 bits per heavy atom. The monoisotopic (exact) mass is 407 g/mol. The molecule has 7 heteroatoms. The van der Waals surface area contributed by atoms with E-state index in [1.807, 2.05) is 47.4 Å². The van der Waals surface area contributed by atoms with Crippen LogP contribution in [0.3, 0.4) is 0 Å². The SMILES string of the molecule is COc1cc(-c2ccc(C(=O)N3CCNCC3)cc2)cc2cc(CNC(C)=O)oc12.